The van der Waals surface area contributed by atoms with Crippen LogP contribution in [0.4, 0.5) is 5.69 Å². The Balaban J connectivity index is 1.95. The quantitative estimate of drug-likeness (QED) is 0.471. The SMILES string of the molecule is C[C@H]1C[C@H](C)CN(C(=O)COC(=O)c2ccc([N+](=O)[O-])cc2Cl)C1. The lowest BCUT2D eigenvalue weighted by atomic mass is 9.92. The minimum Gasteiger partial charge on any atom is -0.452 e. The maximum atomic E-state index is 12.2. The molecule has 8 heteroatoms. The lowest BCUT2D eigenvalue weighted by Gasteiger charge is -2.34. The van der Waals surface area contributed by atoms with Crippen LogP contribution in [0.5, 0.6) is 0 Å². The molecule has 0 bridgehead atoms. The van der Waals surface area contributed by atoms with Gasteiger partial charge in [0.15, 0.2) is 6.61 Å². The average Bonchev–Trinajstić information content (AvgIpc) is 2.51. The highest BCUT2D eigenvalue weighted by Crippen LogP contribution is 2.24. The van der Waals surface area contributed by atoms with Crippen LogP contribution in [0.1, 0.15) is 30.6 Å². The van der Waals surface area contributed by atoms with Gasteiger partial charge in [0.25, 0.3) is 11.6 Å². The number of hydrogen-bond donors (Lipinski definition) is 0. The van der Waals surface area contributed by atoms with E-state index >= 15 is 0 Å². The molecule has 1 heterocycles. The molecule has 0 saturated carbocycles. The van der Waals surface area contributed by atoms with E-state index in [9.17, 15) is 19.7 Å². The van der Waals surface area contributed by atoms with Gasteiger partial charge >= 0.3 is 5.97 Å². The molecule has 0 aliphatic carbocycles. The zero-order valence-electron chi connectivity index (χ0n) is 13.5. The number of halogens is 1. The molecule has 1 aliphatic heterocycles. The molecule has 0 radical (unpaired) electrons. The van der Waals surface area contributed by atoms with Gasteiger partial charge in [-0.05, 0) is 24.3 Å². The second-order valence-electron chi connectivity index (χ2n) is 6.24. The number of nitro benzene ring substituents is 1. The third-order valence-electron chi connectivity index (χ3n) is 3.93. The number of carbonyl (C=O) groups is 2. The van der Waals surface area contributed by atoms with Crippen LogP contribution in [-0.2, 0) is 9.53 Å². The van der Waals surface area contributed by atoms with Crippen LogP contribution in [0.2, 0.25) is 5.02 Å². The van der Waals surface area contributed by atoms with E-state index in [2.05, 4.69) is 13.8 Å². The summed E-state index contributed by atoms with van der Waals surface area (Å²) in [6.45, 7) is 5.10. The molecule has 0 aromatic heterocycles. The molecule has 2 rings (SSSR count). The van der Waals surface area contributed by atoms with Crippen molar-refractivity contribution in [2.45, 2.75) is 20.3 Å². The molecule has 2 atom stereocenters. The normalized spacial score (nSPS) is 20.5. The van der Waals surface area contributed by atoms with Crippen molar-refractivity contribution >= 4 is 29.2 Å². The zero-order valence-corrected chi connectivity index (χ0v) is 14.3. The first kappa shape index (κ1) is 18.2. The number of hydrogen-bond acceptors (Lipinski definition) is 5. The van der Waals surface area contributed by atoms with E-state index in [1.54, 1.807) is 4.90 Å². The molecule has 0 spiro atoms. The molecule has 0 unspecified atom stereocenters. The van der Waals surface area contributed by atoms with Crippen molar-refractivity contribution in [3.63, 3.8) is 0 Å². The minimum atomic E-state index is -0.777. The lowest BCUT2D eigenvalue weighted by molar-refractivity contribution is -0.384. The molecule has 1 aromatic rings. The predicted octanol–water partition coefficient (Wildman–Crippen LogP) is 2.91. The number of ether oxygens (including phenoxy) is 1. The van der Waals surface area contributed by atoms with Gasteiger partial charge < -0.3 is 9.64 Å². The van der Waals surface area contributed by atoms with Crippen LogP contribution in [0.15, 0.2) is 18.2 Å². The Morgan fingerprint density at radius 1 is 1.33 bits per heavy atom. The second kappa shape index (κ2) is 7.61. The number of carbonyl (C=O) groups excluding carboxylic acids is 2. The number of amides is 1. The number of benzene rings is 1. The highest BCUT2D eigenvalue weighted by Gasteiger charge is 2.26. The van der Waals surface area contributed by atoms with Crippen molar-refractivity contribution in [2.24, 2.45) is 11.8 Å². The van der Waals surface area contributed by atoms with Crippen LogP contribution in [0, 0.1) is 22.0 Å². The highest BCUT2D eigenvalue weighted by molar-refractivity contribution is 6.33. The molecule has 1 amide bonds. The van der Waals surface area contributed by atoms with Crippen LogP contribution in [0.3, 0.4) is 0 Å². The predicted molar refractivity (Wildman–Crippen MR) is 87.9 cm³/mol. The van der Waals surface area contributed by atoms with Crippen molar-refractivity contribution in [2.75, 3.05) is 19.7 Å². The summed E-state index contributed by atoms with van der Waals surface area (Å²) in [7, 11) is 0. The third-order valence-corrected chi connectivity index (χ3v) is 4.24. The standard InChI is InChI=1S/C16H19ClN2O5/c1-10-5-11(2)8-18(7-10)15(20)9-24-16(21)13-4-3-12(19(22)23)6-14(13)17/h3-4,6,10-11H,5,7-9H2,1-2H3/t10-,11-/m0/s1. The maximum absolute atomic E-state index is 12.2. The van der Waals surface area contributed by atoms with Gasteiger partial charge in [0.1, 0.15) is 0 Å². The summed E-state index contributed by atoms with van der Waals surface area (Å²) in [6.07, 6.45) is 1.07. The van der Waals surface area contributed by atoms with E-state index < -0.39 is 10.9 Å². The second-order valence-corrected chi connectivity index (χ2v) is 6.65. The Morgan fingerprint density at radius 3 is 2.50 bits per heavy atom. The largest absolute Gasteiger partial charge is 0.452 e. The van der Waals surface area contributed by atoms with Crippen molar-refractivity contribution in [3.8, 4) is 0 Å². The summed E-state index contributed by atoms with van der Waals surface area (Å²) in [5, 5.41) is 10.6. The maximum Gasteiger partial charge on any atom is 0.340 e. The smallest absolute Gasteiger partial charge is 0.340 e. The van der Waals surface area contributed by atoms with E-state index in [-0.39, 0.29) is 28.8 Å². The summed E-state index contributed by atoms with van der Waals surface area (Å²) < 4.78 is 5.01. The Kier molecular flexibility index (Phi) is 5.77. The number of esters is 1. The molecular formula is C16H19ClN2O5. The summed E-state index contributed by atoms with van der Waals surface area (Å²) >= 11 is 5.87. The van der Waals surface area contributed by atoms with E-state index in [1.807, 2.05) is 0 Å². The van der Waals surface area contributed by atoms with Crippen molar-refractivity contribution < 1.29 is 19.2 Å². The van der Waals surface area contributed by atoms with Crippen molar-refractivity contribution in [1.29, 1.82) is 0 Å². The molecule has 24 heavy (non-hydrogen) atoms. The van der Waals surface area contributed by atoms with Crippen LogP contribution in [-0.4, -0.2) is 41.4 Å². The number of nitrogens with zero attached hydrogens (tertiary/aromatic N) is 2. The van der Waals surface area contributed by atoms with E-state index in [4.69, 9.17) is 16.3 Å². The number of piperidine rings is 1. The molecular weight excluding hydrogens is 336 g/mol. The van der Waals surface area contributed by atoms with Crippen LogP contribution in [0.25, 0.3) is 0 Å². The van der Waals surface area contributed by atoms with Gasteiger partial charge in [-0.25, -0.2) is 4.79 Å². The molecule has 7 nitrogen and oxygen atoms in total. The Bertz CT molecular complexity index is 654. The Labute approximate surface area is 144 Å². The zero-order chi connectivity index (χ0) is 17.9. The van der Waals surface area contributed by atoms with Crippen molar-refractivity contribution in [3.05, 3.63) is 38.9 Å². The fraction of sp³-hybridized carbons (Fsp3) is 0.500. The first-order chi connectivity index (χ1) is 11.3. The average molecular weight is 355 g/mol. The minimum absolute atomic E-state index is 0.00422. The topological polar surface area (TPSA) is 89.8 Å². The molecule has 1 aliphatic rings. The number of rotatable bonds is 4. The van der Waals surface area contributed by atoms with E-state index in [0.29, 0.717) is 24.9 Å². The Morgan fingerprint density at radius 2 is 1.96 bits per heavy atom. The van der Waals surface area contributed by atoms with Crippen LogP contribution >= 0.6 is 11.6 Å². The van der Waals surface area contributed by atoms with Gasteiger partial charge in [-0.15, -0.1) is 0 Å². The molecule has 130 valence electrons. The van der Waals surface area contributed by atoms with Gasteiger partial charge in [0.2, 0.25) is 0 Å². The van der Waals surface area contributed by atoms with Gasteiger partial charge in [-0.2, -0.15) is 0 Å². The summed E-state index contributed by atoms with van der Waals surface area (Å²) in [5.41, 5.74) is -0.223. The fourth-order valence-electron chi connectivity index (χ4n) is 2.95. The summed E-state index contributed by atoms with van der Waals surface area (Å²) in [6, 6.07) is 3.46. The first-order valence-corrected chi connectivity index (χ1v) is 8.04. The van der Waals surface area contributed by atoms with E-state index in [1.165, 1.54) is 6.07 Å². The molecule has 1 aromatic carbocycles. The van der Waals surface area contributed by atoms with Gasteiger partial charge in [-0.1, -0.05) is 25.4 Å². The highest BCUT2D eigenvalue weighted by atomic mass is 35.5. The molecule has 1 saturated heterocycles. The first-order valence-electron chi connectivity index (χ1n) is 7.66. The Hall–Kier alpha value is -2.15. The van der Waals surface area contributed by atoms with Gasteiger partial charge in [0, 0.05) is 25.2 Å². The van der Waals surface area contributed by atoms with Gasteiger partial charge in [0.05, 0.1) is 15.5 Å². The lowest BCUT2D eigenvalue weighted by Crippen LogP contribution is -2.44. The van der Waals surface area contributed by atoms with E-state index in [0.717, 1.165) is 18.6 Å². The fourth-order valence-corrected chi connectivity index (χ4v) is 3.20. The van der Waals surface area contributed by atoms with Gasteiger partial charge in [-0.3, -0.25) is 14.9 Å². The monoisotopic (exact) mass is 354 g/mol. The van der Waals surface area contributed by atoms with Crippen LogP contribution < -0.4 is 0 Å². The molecule has 0 N–H and O–H groups in total. The van der Waals surface area contributed by atoms with Crippen molar-refractivity contribution in [1.82, 2.24) is 4.90 Å². The molecule has 1 fully saturated rings. The number of non-ortho nitro benzene ring substituents is 1. The third kappa shape index (κ3) is 4.44. The number of nitro groups is 1. The summed E-state index contributed by atoms with van der Waals surface area (Å²) in [5.74, 6) is -0.198. The summed E-state index contributed by atoms with van der Waals surface area (Å²) in [4.78, 5) is 35.9. The number of likely N-dealkylation sites (tertiary alicyclic amines) is 1.